The molecule has 0 amide bonds. The fourth-order valence-electron chi connectivity index (χ4n) is 1.88. The first-order valence-corrected chi connectivity index (χ1v) is 6.70. The van der Waals surface area contributed by atoms with Crippen LogP contribution in [0.25, 0.3) is 0 Å². The summed E-state index contributed by atoms with van der Waals surface area (Å²) >= 11 is 0. The van der Waals surface area contributed by atoms with E-state index >= 15 is 0 Å². The lowest BCUT2D eigenvalue weighted by Gasteiger charge is -2.39. The average molecular weight is 318 g/mol. The van der Waals surface area contributed by atoms with Gasteiger partial charge in [-0.25, -0.2) is 13.6 Å². The topological polar surface area (TPSA) is 51.7 Å². The number of hydrogen-bond donors (Lipinski definition) is 0. The quantitative estimate of drug-likeness (QED) is 0.630. The standard InChI is InChI=1S/C14H17F3N2O3/c1-13(2,3)22-11(20)6-21-9-4-5-10(18-12(9)15)19-7-14(16,17)8-19/h4-5H,6-8H2,1-3H3. The zero-order valence-corrected chi connectivity index (χ0v) is 12.5. The van der Waals surface area contributed by atoms with Crippen LogP contribution in [0.2, 0.25) is 0 Å². The summed E-state index contributed by atoms with van der Waals surface area (Å²) < 4.78 is 49.3. The summed E-state index contributed by atoms with van der Waals surface area (Å²) in [5.41, 5.74) is -0.663. The van der Waals surface area contributed by atoms with Gasteiger partial charge in [0, 0.05) is 0 Å². The van der Waals surface area contributed by atoms with Gasteiger partial charge < -0.3 is 14.4 Å². The number of hydrogen-bond acceptors (Lipinski definition) is 5. The molecule has 0 radical (unpaired) electrons. The number of pyridine rings is 1. The Hall–Kier alpha value is -1.99. The molecular formula is C14H17F3N2O3. The smallest absolute Gasteiger partial charge is 0.344 e. The van der Waals surface area contributed by atoms with Gasteiger partial charge in [-0.3, -0.25) is 0 Å². The molecule has 1 fully saturated rings. The molecular weight excluding hydrogens is 301 g/mol. The highest BCUT2D eigenvalue weighted by molar-refractivity contribution is 5.71. The molecule has 1 saturated heterocycles. The molecule has 0 unspecified atom stereocenters. The van der Waals surface area contributed by atoms with Crippen molar-refractivity contribution in [3.63, 3.8) is 0 Å². The number of carbonyl (C=O) groups excluding carboxylic acids is 1. The maximum absolute atomic E-state index is 13.7. The van der Waals surface area contributed by atoms with Crippen LogP contribution in [0.1, 0.15) is 20.8 Å². The summed E-state index contributed by atoms with van der Waals surface area (Å²) in [4.78, 5) is 16.3. The van der Waals surface area contributed by atoms with E-state index in [9.17, 15) is 18.0 Å². The summed E-state index contributed by atoms with van der Waals surface area (Å²) in [5, 5.41) is 0. The van der Waals surface area contributed by atoms with E-state index in [1.54, 1.807) is 20.8 Å². The SMILES string of the molecule is CC(C)(C)OC(=O)COc1ccc(N2CC(F)(F)C2)nc1F. The Bertz CT molecular complexity index is 565. The van der Waals surface area contributed by atoms with Gasteiger partial charge in [-0.2, -0.15) is 9.37 Å². The van der Waals surface area contributed by atoms with Gasteiger partial charge in [-0.15, -0.1) is 0 Å². The van der Waals surface area contributed by atoms with Crippen molar-refractivity contribution in [3.8, 4) is 5.75 Å². The van der Waals surface area contributed by atoms with Crippen molar-refractivity contribution in [2.75, 3.05) is 24.6 Å². The number of halogens is 3. The van der Waals surface area contributed by atoms with Crippen LogP contribution in [0.15, 0.2) is 12.1 Å². The van der Waals surface area contributed by atoms with E-state index in [1.807, 2.05) is 0 Å². The lowest BCUT2D eigenvalue weighted by atomic mass is 10.1. The van der Waals surface area contributed by atoms with Crippen molar-refractivity contribution in [2.45, 2.75) is 32.3 Å². The molecule has 0 aromatic carbocycles. The fourth-order valence-corrected chi connectivity index (χ4v) is 1.88. The van der Waals surface area contributed by atoms with Gasteiger partial charge in [0.25, 0.3) is 11.9 Å². The molecule has 0 atom stereocenters. The molecule has 1 aromatic heterocycles. The normalized spacial score (nSPS) is 16.9. The fraction of sp³-hybridized carbons (Fsp3) is 0.571. The van der Waals surface area contributed by atoms with Crippen molar-refractivity contribution in [2.24, 2.45) is 0 Å². The first-order valence-electron chi connectivity index (χ1n) is 6.70. The summed E-state index contributed by atoms with van der Waals surface area (Å²) in [6, 6.07) is 2.61. The third kappa shape index (κ3) is 4.25. The predicted molar refractivity (Wildman–Crippen MR) is 72.7 cm³/mol. The van der Waals surface area contributed by atoms with Crippen LogP contribution in [0.5, 0.6) is 5.75 Å². The minimum atomic E-state index is -2.76. The van der Waals surface area contributed by atoms with Crippen LogP contribution < -0.4 is 9.64 Å². The second-order valence-corrected chi connectivity index (χ2v) is 6.05. The van der Waals surface area contributed by atoms with Crippen LogP contribution in [-0.2, 0) is 9.53 Å². The monoisotopic (exact) mass is 318 g/mol. The number of anilines is 1. The molecule has 2 rings (SSSR count). The average Bonchev–Trinajstić information content (AvgIpc) is 2.32. The molecule has 0 bridgehead atoms. The van der Waals surface area contributed by atoms with Crippen molar-refractivity contribution < 1.29 is 27.4 Å². The van der Waals surface area contributed by atoms with Crippen molar-refractivity contribution in [1.29, 1.82) is 0 Å². The Morgan fingerprint density at radius 3 is 2.50 bits per heavy atom. The number of carbonyl (C=O) groups is 1. The molecule has 2 heterocycles. The maximum Gasteiger partial charge on any atom is 0.344 e. The Morgan fingerprint density at radius 1 is 1.36 bits per heavy atom. The van der Waals surface area contributed by atoms with Crippen molar-refractivity contribution >= 4 is 11.8 Å². The van der Waals surface area contributed by atoms with E-state index < -0.39 is 43.1 Å². The summed E-state index contributed by atoms with van der Waals surface area (Å²) in [7, 11) is 0. The number of nitrogens with zero attached hydrogens (tertiary/aromatic N) is 2. The summed E-state index contributed by atoms with van der Waals surface area (Å²) in [6.45, 7) is 3.66. The lowest BCUT2D eigenvalue weighted by molar-refractivity contribution is -0.157. The van der Waals surface area contributed by atoms with Crippen LogP contribution in [0.3, 0.4) is 0 Å². The van der Waals surface area contributed by atoms with Gasteiger partial charge in [0.2, 0.25) is 0 Å². The van der Waals surface area contributed by atoms with E-state index in [4.69, 9.17) is 9.47 Å². The molecule has 1 aliphatic rings. The Labute approximate surface area is 126 Å². The largest absolute Gasteiger partial charge is 0.477 e. The number of aromatic nitrogens is 1. The number of ether oxygens (including phenoxy) is 2. The maximum atomic E-state index is 13.7. The molecule has 122 valence electrons. The van der Waals surface area contributed by atoms with Gasteiger partial charge in [0.05, 0.1) is 13.1 Å². The van der Waals surface area contributed by atoms with Gasteiger partial charge in [-0.05, 0) is 32.9 Å². The van der Waals surface area contributed by atoms with Crippen LogP contribution in [0.4, 0.5) is 19.0 Å². The number of esters is 1. The second kappa shape index (κ2) is 5.66. The molecule has 0 spiro atoms. The third-order valence-electron chi connectivity index (χ3n) is 2.73. The van der Waals surface area contributed by atoms with Crippen LogP contribution in [0, 0.1) is 5.95 Å². The molecule has 22 heavy (non-hydrogen) atoms. The molecule has 8 heteroatoms. The zero-order chi connectivity index (χ0) is 16.5. The minimum Gasteiger partial charge on any atom is -0.477 e. The molecule has 1 aromatic rings. The van der Waals surface area contributed by atoms with Gasteiger partial charge in [0.1, 0.15) is 11.4 Å². The van der Waals surface area contributed by atoms with E-state index in [1.165, 1.54) is 17.0 Å². The number of rotatable bonds is 4. The van der Waals surface area contributed by atoms with E-state index in [-0.39, 0.29) is 11.6 Å². The van der Waals surface area contributed by atoms with Crippen molar-refractivity contribution in [3.05, 3.63) is 18.1 Å². The van der Waals surface area contributed by atoms with Crippen LogP contribution in [-0.4, -0.2) is 42.2 Å². The highest BCUT2D eigenvalue weighted by atomic mass is 19.3. The summed E-state index contributed by atoms with van der Waals surface area (Å²) in [6.07, 6.45) is 0. The number of alkyl halides is 2. The third-order valence-corrected chi connectivity index (χ3v) is 2.73. The van der Waals surface area contributed by atoms with Crippen LogP contribution >= 0.6 is 0 Å². The van der Waals surface area contributed by atoms with Crippen molar-refractivity contribution in [1.82, 2.24) is 4.98 Å². The molecule has 0 saturated carbocycles. The highest BCUT2D eigenvalue weighted by Gasteiger charge is 2.44. The summed E-state index contributed by atoms with van der Waals surface area (Å²) in [5.74, 6) is -4.49. The molecule has 1 aliphatic heterocycles. The minimum absolute atomic E-state index is 0.105. The van der Waals surface area contributed by atoms with Gasteiger partial charge >= 0.3 is 5.97 Å². The second-order valence-electron chi connectivity index (χ2n) is 6.05. The lowest BCUT2D eigenvalue weighted by Crippen LogP contribution is -2.56. The Balaban J connectivity index is 1.92. The Morgan fingerprint density at radius 2 is 2.00 bits per heavy atom. The highest BCUT2D eigenvalue weighted by Crippen LogP contribution is 2.31. The van der Waals surface area contributed by atoms with Gasteiger partial charge in [-0.1, -0.05) is 0 Å². The van der Waals surface area contributed by atoms with Gasteiger partial charge in [0.15, 0.2) is 12.4 Å². The molecule has 5 nitrogen and oxygen atoms in total. The molecule has 0 N–H and O–H groups in total. The Kier molecular flexibility index (Phi) is 4.21. The van der Waals surface area contributed by atoms with E-state index in [2.05, 4.69) is 4.98 Å². The first-order chi connectivity index (χ1) is 10.1. The van der Waals surface area contributed by atoms with E-state index in [0.29, 0.717) is 0 Å². The predicted octanol–water partition coefficient (Wildman–Crippen LogP) is 2.40. The molecule has 0 aliphatic carbocycles. The first kappa shape index (κ1) is 16.4. The zero-order valence-electron chi connectivity index (χ0n) is 12.5. The van der Waals surface area contributed by atoms with E-state index in [0.717, 1.165) is 0 Å².